The fourth-order valence-corrected chi connectivity index (χ4v) is 3.50. The van der Waals surface area contributed by atoms with E-state index in [0.29, 0.717) is 5.92 Å². The second-order valence-corrected chi connectivity index (χ2v) is 7.12. The predicted octanol–water partition coefficient (Wildman–Crippen LogP) is 2.90. The van der Waals surface area contributed by atoms with Gasteiger partial charge in [-0.2, -0.15) is 0 Å². The molecule has 6 heteroatoms. The fraction of sp³-hybridized carbons (Fsp3) is 0.667. The topological polar surface area (TPSA) is 64.1 Å². The number of benzene rings is 1. The van der Waals surface area contributed by atoms with Crippen molar-refractivity contribution >= 4 is 5.96 Å². The van der Waals surface area contributed by atoms with Crippen LogP contribution in [0, 0.1) is 5.92 Å². The van der Waals surface area contributed by atoms with E-state index in [0.717, 1.165) is 83.5 Å². The van der Waals surface area contributed by atoms with Crippen LogP contribution in [0.4, 0.5) is 0 Å². The van der Waals surface area contributed by atoms with Crippen molar-refractivity contribution < 1.29 is 14.2 Å². The first kappa shape index (κ1) is 20.0. The van der Waals surface area contributed by atoms with Crippen LogP contribution in [0.25, 0.3) is 0 Å². The van der Waals surface area contributed by atoms with E-state index in [1.54, 1.807) is 0 Å². The van der Waals surface area contributed by atoms with Gasteiger partial charge in [-0.3, -0.25) is 4.99 Å². The van der Waals surface area contributed by atoms with Gasteiger partial charge in [0.25, 0.3) is 0 Å². The van der Waals surface area contributed by atoms with Crippen molar-refractivity contribution in [2.45, 2.75) is 38.6 Å². The fourth-order valence-electron chi connectivity index (χ4n) is 3.50. The lowest BCUT2D eigenvalue weighted by Gasteiger charge is -2.28. The van der Waals surface area contributed by atoms with Gasteiger partial charge in [-0.1, -0.05) is 18.2 Å². The predicted molar refractivity (Wildman–Crippen MR) is 107 cm³/mol. The molecule has 2 heterocycles. The van der Waals surface area contributed by atoms with Gasteiger partial charge in [-0.15, -0.1) is 0 Å². The number of guanidine groups is 1. The number of hydrogen-bond donors (Lipinski definition) is 2. The zero-order valence-electron chi connectivity index (χ0n) is 16.4. The molecule has 3 rings (SSSR count). The minimum Gasteiger partial charge on any atom is -0.493 e. The van der Waals surface area contributed by atoms with Crippen LogP contribution in [-0.2, 0) is 9.47 Å². The van der Waals surface area contributed by atoms with Crippen LogP contribution in [0.3, 0.4) is 0 Å². The molecule has 150 valence electrons. The van der Waals surface area contributed by atoms with Crippen molar-refractivity contribution in [1.82, 2.24) is 10.6 Å². The highest BCUT2D eigenvalue weighted by molar-refractivity contribution is 5.80. The molecule has 0 radical (unpaired) electrons. The third kappa shape index (κ3) is 6.40. The zero-order chi connectivity index (χ0) is 18.7. The van der Waals surface area contributed by atoms with E-state index in [1.807, 2.05) is 12.1 Å². The van der Waals surface area contributed by atoms with E-state index >= 15 is 0 Å². The number of fused-ring (bicyclic) bond motifs is 1. The highest BCUT2D eigenvalue weighted by Gasteiger charge is 2.21. The lowest BCUT2D eigenvalue weighted by Crippen LogP contribution is -2.41. The Balaban J connectivity index is 1.42. The zero-order valence-corrected chi connectivity index (χ0v) is 16.4. The molecule has 1 aromatic rings. The molecule has 0 aliphatic carbocycles. The standard InChI is InChI=1S/C21H33N3O3/c1-2-22-21(23-11-5-12-26-16-17-8-13-25-14-9-17)24-19-10-15-27-20-7-4-3-6-18(19)20/h3-4,6-7,17,19H,2,5,8-16H2,1H3,(H2,22,23,24). The average Bonchev–Trinajstić information content (AvgIpc) is 2.71. The molecular weight excluding hydrogens is 342 g/mol. The van der Waals surface area contributed by atoms with Crippen LogP contribution in [0.5, 0.6) is 5.75 Å². The lowest BCUT2D eigenvalue weighted by molar-refractivity contribution is 0.0205. The molecule has 27 heavy (non-hydrogen) atoms. The molecule has 1 saturated heterocycles. The van der Waals surface area contributed by atoms with Crippen molar-refractivity contribution in [3.8, 4) is 5.75 Å². The summed E-state index contributed by atoms with van der Waals surface area (Å²) in [6, 6.07) is 8.46. The van der Waals surface area contributed by atoms with Crippen LogP contribution >= 0.6 is 0 Å². The molecule has 2 aliphatic rings. The molecule has 1 fully saturated rings. The van der Waals surface area contributed by atoms with Crippen LogP contribution in [0.1, 0.15) is 44.2 Å². The SMILES string of the molecule is CCNC(=NCCCOCC1CCOCC1)NC1CCOc2ccccc21. The first-order chi connectivity index (χ1) is 13.4. The summed E-state index contributed by atoms with van der Waals surface area (Å²) in [5, 5.41) is 6.91. The summed E-state index contributed by atoms with van der Waals surface area (Å²) in [5.41, 5.74) is 1.20. The third-order valence-electron chi connectivity index (χ3n) is 5.02. The van der Waals surface area contributed by atoms with Gasteiger partial charge in [-0.05, 0) is 38.2 Å². The maximum atomic E-state index is 5.83. The molecule has 0 bridgehead atoms. The Morgan fingerprint density at radius 2 is 2.04 bits per heavy atom. The van der Waals surface area contributed by atoms with E-state index in [2.05, 4.69) is 29.7 Å². The number of nitrogens with zero attached hydrogens (tertiary/aromatic N) is 1. The number of rotatable bonds is 8. The summed E-state index contributed by atoms with van der Waals surface area (Å²) in [6.45, 7) is 7.80. The minimum absolute atomic E-state index is 0.234. The molecule has 6 nitrogen and oxygen atoms in total. The van der Waals surface area contributed by atoms with E-state index < -0.39 is 0 Å². The van der Waals surface area contributed by atoms with Gasteiger partial charge in [-0.25, -0.2) is 0 Å². The van der Waals surface area contributed by atoms with Crippen LogP contribution in [-0.4, -0.2) is 52.1 Å². The van der Waals surface area contributed by atoms with Crippen molar-refractivity contribution in [1.29, 1.82) is 0 Å². The van der Waals surface area contributed by atoms with Crippen LogP contribution < -0.4 is 15.4 Å². The number of para-hydroxylation sites is 1. The number of hydrogen-bond acceptors (Lipinski definition) is 4. The van der Waals surface area contributed by atoms with Gasteiger partial charge in [0.05, 0.1) is 12.6 Å². The maximum absolute atomic E-state index is 5.83. The Kier molecular flexibility index (Phi) is 8.24. The quantitative estimate of drug-likeness (QED) is 0.416. The van der Waals surface area contributed by atoms with Crippen molar-refractivity contribution in [3.63, 3.8) is 0 Å². The summed E-state index contributed by atoms with van der Waals surface area (Å²) in [7, 11) is 0. The first-order valence-corrected chi connectivity index (χ1v) is 10.3. The van der Waals surface area contributed by atoms with Gasteiger partial charge >= 0.3 is 0 Å². The Bertz CT molecular complexity index is 588. The van der Waals surface area contributed by atoms with Gasteiger partial charge in [0.15, 0.2) is 5.96 Å². The largest absolute Gasteiger partial charge is 0.493 e. The normalized spacial score (nSPS) is 20.6. The molecule has 0 aromatic heterocycles. The maximum Gasteiger partial charge on any atom is 0.191 e. The smallest absolute Gasteiger partial charge is 0.191 e. The summed E-state index contributed by atoms with van der Waals surface area (Å²) in [6.07, 6.45) is 4.12. The molecule has 1 unspecified atom stereocenters. The molecule has 1 aromatic carbocycles. The van der Waals surface area contributed by atoms with E-state index in [9.17, 15) is 0 Å². The second-order valence-electron chi connectivity index (χ2n) is 7.12. The first-order valence-electron chi connectivity index (χ1n) is 10.3. The van der Waals surface area contributed by atoms with E-state index in [1.165, 1.54) is 5.56 Å². The molecule has 0 amide bonds. The summed E-state index contributed by atoms with van der Waals surface area (Å²) < 4.78 is 17.0. The Labute approximate surface area is 162 Å². The number of aliphatic imine (C=N–C) groups is 1. The summed E-state index contributed by atoms with van der Waals surface area (Å²) in [5.74, 6) is 2.50. The lowest BCUT2D eigenvalue weighted by atomic mass is 10.0. The number of ether oxygens (including phenoxy) is 3. The monoisotopic (exact) mass is 375 g/mol. The van der Waals surface area contributed by atoms with Gasteiger partial charge in [0.1, 0.15) is 5.75 Å². The average molecular weight is 376 g/mol. The second kappa shape index (κ2) is 11.1. The van der Waals surface area contributed by atoms with Crippen LogP contribution in [0.2, 0.25) is 0 Å². The molecule has 0 saturated carbocycles. The molecule has 2 N–H and O–H groups in total. The highest BCUT2D eigenvalue weighted by Crippen LogP contribution is 2.31. The number of nitrogens with one attached hydrogen (secondary N) is 2. The summed E-state index contributed by atoms with van der Waals surface area (Å²) in [4.78, 5) is 4.72. The Morgan fingerprint density at radius 3 is 2.89 bits per heavy atom. The molecular formula is C21H33N3O3. The Morgan fingerprint density at radius 1 is 1.19 bits per heavy atom. The Hall–Kier alpha value is -1.79. The van der Waals surface area contributed by atoms with E-state index in [4.69, 9.17) is 19.2 Å². The third-order valence-corrected chi connectivity index (χ3v) is 5.02. The molecule has 2 aliphatic heterocycles. The van der Waals surface area contributed by atoms with Gasteiger partial charge in [0.2, 0.25) is 0 Å². The minimum atomic E-state index is 0.234. The van der Waals surface area contributed by atoms with Gasteiger partial charge in [0, 0.05) is 51.5 Å². The van der Waals surface area contributed by atoms with Crippen molar-refractivity contribution in [2.75, 3.05) is 46.1 Å². The molecule has 0 spiro atoms. The molecule has 1 atom stereocenters. The van der Waals surface area contributed by atoms with E-state index in [-0.39, 0.29) is 6.04 Å². The van der Waals surface area contributed by atoms with Gasteiger partial charge < -0.3 is 24.8 Å². The van der Waals surface area contributed by atoms with Crippen molar-refractivity contribution in [2.24, 2.45) is 10.9 Å². The van der Waals surface area contributed by atoms with Crippen LogP contribution in [0.15, 0.2) is 29.3 Å². The van der Waals surface area contributed by atoms with Crippen molar-refractivity contribution in [3.05, 3.63) is 29.8 Å². The summed E-state index contributed by atoms with van der Waals surface area (Å²) >= 11 is 0. The highest BCUT2D eigenvalue weighted by atomic mass is 16.5.